The van der Waals surface area contributed by atoms with E-state index >= 15 is 0 Å². The normalized spacial score (nSPS) is 19.1. The molecule has 33 heavy (non-hydrogen) atoms. The van der Waals surface area contributed by atoms with Gasteiger partial charge in [0.2, 0.25) is 5.91 Å². The summed E-state index contributed by atoms with van der Waals surface area (Å²) in [5.74, 6) is -0.154. The van der Waals surface area contributed by atoms with Crippen LogP contribution in [0.4, 0.5) is 4.79 Å². The van der Waals surface area contributed by atoms with E-state index < -0.39 is 17.1 Å². The van der Waals surface area contributed by atoms with Crippen LogP contribution in [0.3, 0.4) is 0 Å². The maximum atomic E-state index is 13.4. The maximum Gasteiger partial charge on any atom is 0.419 e. The topological polar surface area (TPSA) is 77.8 Å². The van der Waals surface area contributed by atoms with E-state index in [-0.39, 0.29) is 18.3 Å². The van der Waals surface area contributed by atoms with Gasteiger partial charge in [-0.15, -0.1) is 0 Å². The van der Waals surface area contributed by atoms with Crippen molar-refractivity contribution in [1.29, 1.82) is 0 Å². The van der Waals surface area contributed by atoms with Gasteiger partial charge in [-0.2, -0.15) is 0 Å². The highest BCUT2D eigenvalue weighted by atomic mass is 16.6. The van der Waals surface area contributed by atoms with Gasteiger partial charge in [-0.3, -0.25) is 14.2 Å². The van der Waals surface area contributed by atoms with Crippen molar-refractivity contribution in [1.82, 2.24) is 9.47 Å². The van der Waals surface area contributed by atoms with Crippen LogP contribution in [0, 0.1) is 5.41 Å². The minimum Gasteiger partial charge on any atom is -0.469 e. The molecule has 0 N–H and O–H groups in total. The van der Waals surface area contributed by atoms with E-state index in [0.717, 1.165) is 29.3 Å². The number of hydrogen-bond acceptors (Lipinski definition) is 5. The average molecular weight is 457 g/mol. The monoisotopic (exact) mass is 456 g/mol. The number of amides is 1. The Balaban J connectivity index is 1.77. The van der Waals surface area contributed by atoms with Crippen LogP contribution in [-0.2, 0) is 25.5 Å². The number of piperidine rings is 1. The summed E-state index contributed by atoms with van der Waals surface area (Å²) in [5.41, 5.74) is 0.715. The highest BCUT2D eigenvalue weighted by Gasteiger charge is 2.42. The standard InChI is InChI=1S/C26H36N2O5/c1-6-26(15-12-22(29)32-5)14-9-16-27(23(26)30)17-13-19-18-28(24(31)33-25(2,3)4)21-11-8-7-10-20(19)21/h7-8,10-11,18H,6,9,12-17H2,1-5H3/t26-/m0/s1. The van der Waals surface area contributed by atoms with Crippen molar-refractivity contribution in [2.45, 2.75) is 71.8 Å². The van der Waals surface area contributed by atoms with E-state index in [1.54, 1.807) is 4.57 Å². The van der Waals surface area contributed by atoms with Gasteiger partial charge in [-0.25, -0.2) is 4.79 Å². The van der Waals surface area contributed by atoms with Crippen LogP contribution in [0.15, 0.2) is 30.5 Å². The summed E-state index contributed by atoms with van der Waals surface area (Å²) in [6.45, 7) is 8.84. The van der Waals surface area contributed by atoms with E-state index in [1.807, 2.05) is 63.1 Å². The van der Waals surface area contributed by atoms with Crippen LogP contribution in [0.1, 0.15) is 65.4 Å². The number of rotatable bonds is 7. The summed E-state index contributed by atoms with van der Waals surface area (Å²) < 4.78 is 11.9. The molecule has 0 radical (unpaired) electrons. The van der Waals surface area contributed by atoms with Crippen molar-refractivity contribution in [3.63, 3.8) is 0 Å². The third kappa shape index (κ3) is 5.57. The van der Waals surface area contributed by atoms with Crippen molar-refractivity contribution < 1.29 is 23.9 Å². The number of benzene rings is 1. The number of likely N-dealkylation sites (tertiary alicyclic amines) is 1. The van der Waals surface area contributed by atoms with Crippen molar-refractivity contribution in [2.24, 2.45) is 5.41 Å². The Labute approximate surface area is 196 Å². The van der Waals surface area contributed by atoms with Crippen molar-refractivity contribution in [2.75, 3.05) is 20.2 Å². The van der Waals surface area contributed by atoms with Gasteiger partial charge in [0.1, 0.15) is 5.60 Å². The second-order valence-corrected chi connectivity index (χ2v) is 9.88. The molecule has 7 nitrogen and oxygen atoms in total. The molecule has 1 atom stereocenters. The van der Waals surface area contributed by atoms with Gasteiger partial charge >= 0.3 is 12.1 Å². The molecule has 0 saturated carbocycles. The third-order valence-electron chi connectivity index (χ3n) is 6.57. The molecule has 2 aromatic rings. The summed E-state index contributed by atoms with van der Waals surface area (Å²) in [4.78, 5) is 39.8. The van der Waals surface area contributed by atoms with Gasteiger partial charge in [0.15, 0.2) is 0 Å². The molecular weight excluding hydrogens is 420 g/mol. The molecule has 0 unspecified atom stereocenters. The highest BCUT2D eigenvalue weighted by molar-refractivity contribution is 5.92. The molecule has 2 heterocycles. The van der Waals surface area contributed by atoms with E-state index in [1.165, 1.54) is 7.11 Å². The number of aromatic nitrogens is 1. The first-order chi connectivity index (χ1) is 15.6. The lowest BCUT2D eigenvalue weighted by atomic mass is 9.73. The first-order valence-corrected chi connectivity index (χ1v) is 11.8. The predicted octanol–water partition coefficient (Wildman–Crippen LogP) is 4.94. The van der Waals surface area contributed by atoms with Gasteiger partial charge in [0.05, 0.1) is 12.6 Å². The van der Waals surface area contributed by atoms with E-state index in [0.29, 0.717) is 32.4 Å². The zero-order chi connectivity index (χ0) is 24.2. The number of fused-ring (bicyclic) bond motifs is 1. The smallest absolute Gasteiger partial charge is 0.419 e. The van der Waals surface area contributed by atoms with Crippen LogP contribution < -0.4 is 0 Å². The van der Waals surface area contributed by atoms with E-state index in [2.05, 4.69) is 0 Å². The van der Waals surface area contributed by atoms with Crippen LogP contribution >= 0.6 is 0 Å². The Hall–Kier alpha value is -2.83. The number of para-hydroxylation sites is 1. The van der Waals surface area contributed by atoms with Gasteiger partial charge in [0.25, 0.3) is 0 Å². The minimum atomic E-state index is -0.587. The van der Waals surface area contributed by atoms with Crippen molar-refractivity contribution in [3.05, 3.63) is 36.0 Å². The Morgan fingerprint density at radius 3 is 2.58 bits per heavy atom. The number of methoxy groups -OCH3 is 1. The van der Waals surface area contributed by atoms with Crippen LogP contribution in [0.5, 0.6) is 0 Å². The van der Waals surface area contributed by atoms with Crippen LogP contribution in [0.25, 0.3) is 10.9 Å². The second-order valence-electron chi connectivity index (χ2n) is 9.88. The van der Waals surface area contributed by atoms with Gasteiger partial charge in [-0.1, -0.05) is 25.1 Å². The van der Waals surface area contributed by atoms with E-state index in [9.17, 15) is 14.4 Å². The predicted molar refractivity (Wildman–Crippen MR) is 127 cm³/mol. The Morgan fingerprint density at radius 1 is 1.18 bits per heavy atom. The molecule has 1 aromatic carbocycles. The van der Waals surface area contributed by atoms with Gasteiger partial charge in [0, 0.05) is 36.5 Å². The number of esters is 1. The Morgan fingerprint density at radius 2 is 1.91 bits per heavy atom. The SMILES string of the molecule is CC[C@@]1(CCC(=O)OC)CCCN(CCc2cn(C(=O)OC(C)(C)C)c3ccccc23)C1=O. The first kappa shape index (κ1) is 24.8. The zero-order valence-corrected chi connectivity index (χ0v) is 20.5. The molecule has 1 aliphatic rings. The molecule has 1 amide bonds. The van der Waals surface area contributed by atoms with Crippen molar-refractivity contribution >= 4 is 28.9 Å². The van der Waals surface area contributed by atoms with Crippen LogP contribution in [-0.4, -0.2) is 53.2 Å². The number of nitrogens with zero attached hydrogens (tertiary/aromatic N) is 2. The fourth-order valence-electron chi connectivity index (χ4n) is 4.71. The minimum absolute atomic E-state index is 0.121. The molecule has 1 aromatic heterocycles. The molecule has 180 valence electrons. The molecule has 0 bridgehead atoms. The average Bonchev–Trinajstić information content (AvgIpc) is 3.15. The molecule has 0 aliphatic carbocycles. The molecule has 3 rings (SSSR count). The quantitative estimate of drug-likeness (QED) is 0.552. The summed E-state index contributed by atoms with van der Waals surface area (Å²) in [7, 11) is 1.38. The molecular formula is C26H36N2O5. The zero-order valence-electron chi connectivity index (χ0n) is 20.5. The lowest BCUT2D eigenvalue weighted by molar-refractivity contribution is -0.149. The van der Waals surface area contributed by atoms with E-state index in [4.69, 9.17) is 9.47 Å². The molecule has 0 spiro atoms. The third-order valence-corrected chi connectivity index (χ3v) is 6.57. The van der Waals surface area contributed by atoms with Gasteiger partial charge in [-0.05, 0) is 64.5 Å². The largest absolute Gasteiger partial charge is 0.469 e. The molecule has 1 saturated heterocycles. The Bertz CT molecular complexity index is 1020. The summed E-state index contributed by atoms with van der Waals surface area (Å²) in [6, 6.07) is 7.75. The fourth-order valence-corrected chi connectivity index (χ4v) is 4.71. The first-order valence-electron chi connectivity index (χ1n) is 11.8. The summed E-state index contributed by atoms with van der Waals surface area (Å²) in [5, 5.41) is 0.986. The lowest BCUT2D eigenvalue weighted by Crippen LogP contribution is -2.49. The number of carbonyl (C=O) groups is 3. The number of carbonyl (C=O) groups excluding carboxylic acids is 3. The Kier molecular flexibility index (Phi) is 7.50. The van der Waals surface area contributed by atoms with Crippen LogP contribution in [0.2, 0.25) is 0 Å². The number of ether oxygens (including phenoxy) is 2. The van der Waals surface area contributed by atoms with Crippen molar-refractivity contribution in [3.8, 4) is 0 Å². The summed E-state index contributed by atoms with van der Waals surface area (Å²) in [6.07, 6.45) is 5.25. The van der Waals surface area contributed by atoms with Gasteiger partial charge < -0.3 is 14.4 Å². The maximum absolute atomic E-state index is 13.4. The lowest BCUT2D eigenvalue weighted by Gasteiger charge is -2.41. The molecule has 1 aliphatic heterocycles. The highest BCUT2D eigenvalue weighted by Crippen LogP contribution is 2.39. The molecule has 1 fully saturated rings. The molecule has 7 heteroatoms. The summed E-state index contributed by atoms with van der Waals surface area (Å²) >= 11 is 0. The second kappa shape index (κ2) is 9.98. The fraction of sp³-hybridized carbons (Fsp3) is 0.577. The number of hydrogen-bond donors (Lipinski definition) is 0.